The normalized spacial score (nSPS) is 15.8. The number of hydrogen-bond acceptors (Lipinski definition) is 2. The highest BCUT2D eigenvalue weighted by Gasteiger charge is 2.25. The molecule has 1 atom stereocenters. The Bertz CT molecular complexity index is 1080. The first-order valence-electron chi connectivity index (χ1n) is 9.81. The van der Waals surface area contributed by atoms with E-state index in [0.717, 1.165) is 11.1 Å². The molecule has 154 valence electrons. The van der Waals surface area contributed by atoms with Gasteiger partial charge in [-0.25, -0.2) is 8.78 Å². The summed E-state index contributed by atoms with van der Waals surface area (Å²) >= 11 is 0. The Labute approximate surface area is 172 Å². The Balaban J connectivity index is 1.58. The molecule has 0 radical (unpaired) electrons. The van der Waals surface area contributed by atoms with Gasteiger partial charge in [-0.3, -0.25) is 9.59 Å². The standard InChI is InChI=1S/C23H21F2N3O2/c24-16-8-5-14(6-9-16)22-15(7-10-21(29)27-19-11-12-26-23(19)30)13-20(28-22)17-3-1-2-4-18(17)25/h1-6,8-9,13,19,28H,7,10-12H2,(H,26,30)(H,27,29). The van der Waals surface area contributed by atoms with E-state index in [0.29, 0.717) is 36.3 Å². The fourth-order valence-corrected chi connectivity index (χ4v) is 3.64. The maximum Gasteiger partial charge on any atom is 0.242 e. The van der Waals surface area contributed by atoms with Crippen molar-refractivity contribution < 1.29 is 18.4 Å². The fourth-order valence-electron chi connectivity index (χ4n) is 3.64. The molecule has 2 amide bonds. The summed E-state index contributed by atoms with van der Waals surface area (Å²) in [6.07, 6.45) is 1.14. The number of carbonyl (C=O) groups is 2. The van der Waals surface area contributed by atoms with Gasteiger partial charge in [0.05, 0.1) is 0 Å². The van der Waals surface area contributed by atoms with Crippen LogP contribution < -0.4 is 10.6 Å². The van der Waals surface area contributed by atoms with Gasteiger partial charge in [0.25, 0.3) is 0 Å². The van der Waals surface area contributed by atoms with Crippen molar-refractivity contribution in [1.82, 2.24) is 15.6 Å². The molecule has 0 saturated carbocycles. The van der Waals surface area contributed by atoms with Gasteiger partial charge in [0, 0.05) is 29.9 Å². The number of aryl methyl sites for hydroxylation is 1. The van der Waals surface area contributed by atoms with Gasteiger partial charge in [-0.1, -0.05) is 12.1 Å². The largest absolute Gasteiger partial charge is 0.354 e. The van der Waals surface area contributed by atoms with Crippen LogP contribution in [0.4, 0.5) is 8.78 Å². The first-order valence-corrected chi connectivity index (χ1v) is 9.81. The van der Waals surface area contributed by atoms with Crippen LogP contribution >= 0.6 is 0 Å². The summed E-state index contributed by atoms with van der Waals surface area (Å²) in [4.78, 5) is 27.2. The summed E-state index contributed by atoms with van der Waals surface area (Å²) in [5.74, 6) is -1.11. The first kappa shape index (κ1) is 19.8. The highest BCUT2D eigenvalue weighted by molar-refractivity contribution is 5.89. The Morgan fingerprint density at radius 2 is 1.87 bits per heavy atom. The SMILES string of the molecule is O=C(CCc1cc(-c2ccccc2F)[nH]c1-c1ccc(F)cc1)NC1CCNC1=O. The van der Waals surface area contributed by atoms with Gasteiger partial charge in [0.2, 0.25) is 11.8 Å². The smallest absolute Gasteiger partial charge is 0.242 e. The van der Waals surface area contributed by atoms with Crippen molar-refractivity contribution in [2.75, 3.05) is 6.54 Å². The summed E-state index contributed by atoms with van der Waals surface area (Å²) < 4.78 is 27.6. The van der Waals surface area contributed by atoms with Crippen molar-refractivity contribution in [1.29, 1.82) is 0 Å². The average molecular weight is 409 g/mol. The number of aromatic nitrogens is 1. The van der Waals surface area contributed by atoms with Crippen LogP contribution in [0.3, 0.4) is 0 Å². The molecule has 4 rings (SSSR count). The van der Waals surface area contributed by atoms with Crippen molar-refractivity contribution >= 4 is 11.8 Å². The molecular formula is C23H21F2N3O2. The fraction of sp³-hybridized carbons (Fsp3) is 0.217. The van der Waals surface area contributed by atoms with E-state index in [1.54, 1.807) is 30.3 Å². The lowest BCUT2D eigenvalue weighted by Gasteiger charge is -2.10. The predicted molar refractivity (Wildman–Crippen MR) is 109 cm³/mol. The van der Waals surface area contributed by atoms with E-state index in [4.69, 9.17) is 0 Å². The minimum Gasteiger partial charge on any atom is -0.354 e. The lowest BCUT2D eigenvalue weighted by Crippen LogP contribution is -2.40. The summed E-state index contributed by atoms with van der Waals surface area (Å²) in [6.45, 7) is 0.558. The van der Waals surface area contributed by atoms with Gasteiger partial charge in [-0.15, -0.1) is 0 Å². The molecule has 7 heteroatoms. The second-order valence-corrected chi connectivity index (χ2v) is 7.27. The van der Waals surface area contributed by atoms with Crippen LogP contribution in [0.1, 0.15) is 18.4 Å². The van der Waals surface area contributed by atoms with Gasteiger partial charge in [-0.2, -0.15) is 0 Å². The molecule has 3 N–H and O–H groups in total. The zero-order valence-electron chi connectivity index (χ0n) is 16.2. The number of benzene rings is 2. The topological polar surface area (TPSA) is 74.0 Å². The van der Waals surface area contributed by atoms with Crippen molar-refractivity contribution in [3.05, 3.63) is 71.8 Å². The van der Waals surface area contributed by atoms with E-state index in [1.165, 1.54) is 18.2 Å². The third-order valence-corrected chi connectivity index (χ3v) is 5.20. The molecular weight excluding hydrogens is 388 g/mol. The maximum absolute atomic E-state index is 14.3. The second-order valence-electron chi connectivity index (χ2n) is 7.27. The molecule has 1 aliphatic rings. The molecule has 2 heterocycles. The van der Waals surface area contributed by atoms with Crippen molar-refractivity contribution in [2.24, 2.45) is 0 Å². The lowest BCUT2D eigenvalue weighted by molar-refractivity contribution is -0.127. The quantitative estimate of drug-likeness (QED) is 0.582. The van der Waals surface area contributed by atoms with Crippen LogP contribution in [0.15, 0.2) is 54.6 Å². The van der Waals surface area contributed by atoms with Crippen LogP contribution in [0, 0.1) is 11.6 Å². The highest BCUT2D eigenvalue weighted by Crippen LogP contribution is 2.31. The molecule has 5 nitrogen and oxygen atoms in total. The second kappa shape index (κ2) is 8.49. The number of carbonyl (C=O) groups excluding carboxylic acids is 2. The van der Waals surface area contributed by atoms with E-state index < -0.39 is 6.04 Å². The summed E-state index contributed by atoms with van der Waals surface area (Å²) in [6, 6.07) is 13.7. The molecule has 1 aliphatic heterocycles. The Kier molecular flexibility index (Phi) is 5.61. The van der Waals surface area contributed by atoms with Crippen LogP contribution in [0.5, 0.6) is 0 Å². The van der Waals surface area contributed by atoms with Crippen LogP contribution in [0.2, 0.25) is 0 Å². The molecule has 0 aliphatic carbocycles. The van der Waals surface area contributed by atoms with Crippen molar-refractivity contribution in [2.45, 2.75) is 25.3 Å². The Morgan fingerprint density at radius 1 is 1.10 bits per heavy atom. The lowest BCUT2D eigenvalue weighted by atomic mass is 10.0. The van der Waals surface area contributed by atoms with Crippen LogP contribution in [0.25, 0.3) is 22.5 Å². The van der Waals surface area contributed by atoms with Gasteiger partial charge in [-0.05, 0) is 66.4 Å². The molecule has 1 aromatic heterocycles. The van der Waals surface area contributed by atoms with Gasteiger partial charge in [0.15, 0.2) is 0 Å². The Morgan fingerprint density at radius 3 is 2.57 bits per heavy atom. The van der Waals surface area contributed by atoms with E-state index >= 15 is 0 Å². The van der Waals surface area contributed by atoms with Crippen LogP contribution in [-0.4, -0.2) is 29.4 Å². The predicted octanol–water partition coefficient (Wildman–Crippen LogP) is 3.56. The molecule has 3 aromatic rings. The van der Waals surface area contributed by atoms with E-state index in [2.05, 4.69) is 15.6 Å². The van der Waals surface area contributed by atoms with Gasteiger partial charge >= 0.3 is 0 Å². The molecule has 1 saturated heterocycles. The zero-order chi connectivity index (χ0) is 21.1. The highest BCUT2D eigenvalue weighted by atomic mass is 19.1. The minimum atomic E-state index is -0.491. The minimum absolute atomic E-state index is 0.168. The summed E-state index contributed by atoms with van der Waals surface area (Å²) in [5, 5.41) is 5.43. The number of H-pyrrole nitrogens is 1. The monoisotopic (exact) mass is 409 g/mol. The van der Waals surface area contributed by atoms with Crippen molar-refractivity contribution in [3.63, 3.8) is 0 Å². The molecule has 1 fully saturated rings. The molecule has 2 aromatic carbocycles. The van der Waals surface area contributed by atoms with Gasteiger partial charge < -0.3 is 15.6 Å². The summed E-state index contributed by atoms with van der Waals surface area (Å²) in [7, 11) is 0. The number of aromatic amines is 1. The van der Waals surface area contributed by atoms with E-state index in [-0.39, 0.29) is 29.9 Å². The molecule has 0 bridgehead atoms. The van der Waals surface area contributed by atoms with Crippen molar-refractivity contribution in [3.8, 4) is 22.5 Å². The maximum atomic E-state index is 14.3. The molecule has 0 spiro atoms. The molecule has 1 unspecified atom stereocenters. The third-order valence-electron chi connectivity index (χ3n) is 5.20. The third kappa shape index (κ3) is 4.25. The summed E-state index contributed by atoms with van der Waals surface area (Å²) in [5.41, 5.74) is 3.26. The first-order chi connectivity index (χ1) is 14.5. The Hall–Kier alpha value is -3.48. The number of hydrogen-bond donors (Lipinski definition) is 3. The number of amides is 2. The van der Waals surface area contributed by atoms with Gasteiger partial charge in [0.1, 0.15) is 17.7 Å². The number of nitrogens with one attached hydrogen (secondary N) is 3. The number of halogens is 2. The van der Waals surface area contributed by atoms with E-state index in [9.17, 15) is 18.4 Å². The molecule has 30 heavy (non-hydrogen) atoms. The van der Waals surface area contributed by atoms with E-state index in [1.807, 2.05) is 6.07 Å². The van der Waals surface area contributed by atoms with Crippen LogP contribution in [-0.2, 0) is 16.0 Å². The zero-order valence-corrected chi connectivity index (χ0v) is 16.2. The average Bonchev–Trinajstić information content (AvgIpc) is 3.34. The number of rotatable bonds is 6.